The van der Waals surface area contributed by atoms with Crippen molar-refractivity contribution in [3.8, 4) is 23.0 Å². The summed E-state index contributed by atoms with van der Waals surface area (Å²) < 4.78 is 31.5. The Morgan fingerprint density at radius 1 is 0.978 bits per heavy atom. The van der Waals surface area contributed by atoms with Crippen molar-refractivity contribution in [2.45, 2.75) is 31.2 Å². The second-order valence-corrected chi connectivity index (χ2v) is 11.8. The number of halogens is 1. The van der Waals surface area contributed by atoms with Gasteiger partial charge in [-0.3, -0.25) is 24.8 Å². The van der Waals surface area contributed by atoms with Gasteiger partial charge in [-0.2, -0.15) is 0 Å². The molecular weight excluding hydrogens is 599 g/mol. The van der Waals surface area contributed by atoms with E-state index in [1.54, 1.807) is 62.7 Å². The number of thioether (sulfide) groups is 1. The van der Waals surface area contributed by atoms with Gasteiger partial charge < -0.3 is 19.1 Å². The molecule has 3 amide bonds. The highest BCUT2D eigenvalue weighted by molar-refractivity contribution is 8.00. The molecule has 1 unspecified atom stereocenters. The maximum absolute atomic E-state index is 13.4. The van der Waals surface area contributed by atoms with Gasteiger partial charge in [-0.15, -0.1) is 11.8 Å². The number of carbonyl (C=O) groups excluding carboxylic acids is 3. The van der Waals surface area contributed by atoms with Crippen LogP contribution in [0.1, 0.15) is 41.1 Å². The van der Waals surface area contributed by atoms with E-state index in [2.05, 4.69) is 10.4 Å². The first-order valence-electron chi connectivity index (χ1n) is 14.5. The Kier molecular flexibility index (Phi) is 8.74. The van der Waals surface area contributed by atoms with Crippen molar-refractivity contribution in [2.24, 2.45) is 0 Å². The number of nitrogens with zero attached hydrogens (tertiary/aromatic N) is 3. The third-order valence-electron chi connectivity index (χ3n) is 7.76. The lowest BCUT2D eigenvalue weighted by Gasteiger charge is -2.31. The van der Waals surface area contributed by atoms with E-state index in [9.17, 15) is 18.8 Å². The number of likely N-dealkylation sites (tertiary alicyclic amines) is 1. The largest absolute Gasteiger partial charge is 0.493 e. The second-order valence-electron chi connectivity index (χ2n) is 10.7. The lowest BCUT2D eigenvalue weighted by atomic mass is 10.1. The number of fused-ring (bicyclic) bond motifs is 1. The van der Waals surface area contributed by atoms with Crippen LogP contribution in [0.2, 0.25) is 0 Å². The molecule has 1 aromatic heterocycles. The molecule has 10 nitrogen and oxygen atoms in total. The van der Waals surface area contributed by atoms with Crippen LogP contribution < -0.4 is 19.6 Å². The Bertz CT molecular complexity index is 1730. The van der Waals surface area contributed by atoms with Gasteiger partial charge in [0, 0.05) is 56.1 Å². The monoisotopic (exact) mass is 630 g/mol. The molecule has 0 aliphatic carbocycles. The summed E-state index contributed by atoms with van der Waals surface area (Å²) in [5.74, 6) is 1.35. The lowest BCUT2D eigenvalue weighted by molar-refractivity contribution is -0.131. The molecule has 1 atom stereocenters. The van der Waals surface area contributed by atoms with Gasteiger partial charge in [-0.1, -0.05) is 12.1 Å². The number of pyridine rings is 1. The zero-order valence-electron chi connectivity index (χ0n) is 24.7. The van der Waals surface area contributed by atoms with Gasteiger partial charge in [-0.05, 0) is 54.1 Å². The van der Waals surface area contributed by atoms with Crippen molar-refractivity contribution in [1.82, 2.24) is 20.3 Å². The third kappa shape index (κ3) is 6.65. The summed E-state index contributed by atoms with van der Waals surface area (Å²) in [6.07, 6.45) is 3.06. The van der Waals surface area contributed by atoms with Crippen LogP contribution >= 0.6 is 11.8 Å². The van der Waals surface area contributed by atoms with Crippen LogP contribution in [0.25, 0.3) is 10.9 Å². The molecular formula is C33H31FN4O6S. The van der Waals surface area contributed by atoms with Gasteiger partial charge in [0.25, 0.3) is 11.8 Å². The number of benzene rings is 3. The first-order valence-corrected chi connectivity index (χ1v) is 15.5. The number of ether oxygens (including phenoxy) is 3. The smallest absolute Gasteiger partial charge is 0.269 e. The molecule has 12 heteroatoms. The fourth-order valence-corrected chi connectivity index (χ4v) is 6.44. The van der Waals surface area contributed by atoms with Crippen LogP contribution in [0, 0.1) is 5.82 Å². The Labute approximate surface area is 263 Å². The number of rotatable bonds is 8. The predicted octanol–water partition coefficient (Wildman–Crippen LogP) is 5.48. The zero-order valence-corrected chi connectivity index (χ0v) is 25.5. The minimum atomic E-state index is -0.455. The summed E-state index contributed by atoms with van der Waals surface area (Å²) in [6.45, 7) is 2.88. The molecule has 2 saturated heterocycles. The van der Waals surface area contributed by atoms with E-state index >= 15 is 0 Å². The molecule has 3 heterocycles. The fourth-order valence-electron chi connectivity index (χ4n) is 5.33. The van der Waals surface area contributed by atoms with Gasteiger partial charge in [0.05, 0.1) is 18.4 Å². The SMILES string of the molecule is COc1cc2c(Oc3ccc(C(=O)NN4C(=O)CSC4c4ccc(F)cc4)cc3)ccnc2cc1OC1CCN(C(C)=O)CC1. The predicted molar refractivity (Wildman–Crippen MR) is 167 cm³/mol. The number of carbonyl (C=O) groups is 3. The van der Waals surface area contributed by atoms with Crippen molar-refractivity contribution >= 4 is 40.4 Å². The topological polar surface area (TPSA) is 110 Å². The number of methoxy groups -OCH3 is 1. The standard InChI is InChI=1S/C33H31FN4O6S/c1-20(39)37-15-12-25(13-16-37)44-30-18-27-26(17-29(30)42-2)28(11-14-35-27)43-24-9-5-21(6-10-24)32(41)36-38-31(40)19-45-33(38)22-3-7-23(34)8-4-22/h3-11,14,17-18,25,33H,12-13,15-16,19H2,1-2H3,(H,36,41). The first-order chi connectivity index (χ1) is 21.8. The molecule has 6 rings (SSSR count). The van der Waals surface area contributed by atoms with Crippen LogP contribution in [0.15, 0.2) is 72.9 Å². The van der Waals surface area contributed by atoms with Gasteiger partial charge in [0.1, 0.15) is 28.8 Å². The summed E-state index contributed by atoms with van der Waals surface area (Å²) in [6, 6.07) is 17.8. The number of hydrogen-bond donors (Lipinski definition) is 1. The summed E-state index contributed by atoms with van der Waals surface area (Å²) in [5, 5.41) is 1.55. The zero-order chi connectivity index (χ0) is 31.5. The molecule has 3 aromatic carbocycles. The number of nitrogens with one attached hydrogen (secondary N) is 1. The minimum absolute atomic E-state index is 0.0433. The van der Waals surface area contributed by atoms with E-state index in [4.69, 9.17) is 14.2 Å². The molecule has 0 spiro atoms. The van der Waals surface area contributed by atoms with E-state index in [-0.39, 0.29) is 29.5 Å². The van der Waals surface area contributed by atoms with Crippen molar-refractivity contribution in [3.05, 3.63) is 89.9 Å². The third-order valence-corrected chi connectivity index (χ3v) is 8.97. The van der Waals surface area contributed by atoms with E-state index in [0.717, 1.165) is 12.8 Å². The van der Waals surface area contributed by atoms with Crippen molar-refractivity contribution in [2.75, 3.05) is 26.0 Å². The summed E-state index contributed by atoms with van der Waals surface area (Å²) >= 11 is 1.36. The highest BCUT2D eigenvalue weighted by Crippen LogP contribution is 2.39. The van der Waals surface area contributed by atoms with Gasteiger partial charge >= 0.3 is 0 Å². The molecule has 232 valence electrons. The molecule has 4 aromatic rings. The van der Waals surface area contributed by atoms with E-state index in [1.165, 1.54) is 28.9 Å². The Morgan fingerprint density at radius 3 is 2.40 bits per heavy atom. The molecule has 0 saturated carbocycles. The highest BCUT2D eigenvalue weighted by atomic mass is 32.2. The maximum atomic E-state index is 13.4. The number of hydrazine groups is 1. The van der Waals surface area contributed by atoms with Crippen molar-refractivity contribution in [1.29, 1.82) is 0 Å². The average molecular weight is 631 g/mol. The molecule has 0 bridgehead atoms. The number of amides is 3. The molecule has 2 aliphatic heterocycles. The Hall–Kier alpha value is -4.84. The van der Waals surface area contributed by atoms with E-state index < -0.39 is 11.3 Å². The van der Waals surface area contributed by atoms with Crippen LogP contribution in [-0.2, 0) is 9.59 Å². The van der Waals surface area contributed by atoms with Crippen molar-refractivity contribution in [3.63, 3.8) is 0 Å². The molecule has 2 fully saturated rings. The van der Waals surface area contributed by atoms with Gasteiger partial charge in [0.15, 0.2) is 11.5 Å². The molecule has 0 radical (unpaired) electrons. The second kappa shape index (κ2) is 13.0. The first kappa shape index (κ1) is 30.2. The van der Waals surface area contributed by atoms with E-state index in [0.29, 0.717) is 58.1 Å². The number of aromatic nitrogens is 1. The minimum Gasteiger partial charge on any atom is -0.493 e. The Balaban J connectivity index is 1.14. The molecule has 2 aliphatic rings. The number of hydrogen-bond acceptors (Lipinski definition) is 8. The normalized spacial score (nSPS) is 17.0. The van der Waals surface area contributed by atoms with Crippen LogP contribution in [0.3, 0.4) is 0 Å². The molecule has 1 N–H and O–H groups in total. The summed E-state index contributed by atoms with van der Waals surface area (Å²) in [4.78, 5) is 43.5. The summed E-state index contributed by atoms with van der Waals surface area (Å²) in [7, 11) is 1.57. The maximum Gasteiger partial charge on any atom is 0.269 e. The Morgan fingerprint density at radius 2 is 1.71 bits per heavy atom. The van der Waals surface area contributed by atoms with Crippen LogP contribution in [0.5, 0.6) is 23.0 Å². The van der Waals surface area contributed by atoms with E-state index in [1.807, 2.05) is 17.0 Å². The summed E-state index contributed by atoms with van der Waals surface area (Å²) in [5.41, 5.74) is 4.40. The fraction of sp³-hybridized carbons (Fsp3) is 0.273. The van der Waals surface area contributed by atoms with Crippen molar-refractivity contribution < 1.29 is 33.0 Å². The van der Waals surface area contributed by atoms with Crippen LogP contribution in [0.4, 0.5) is 4.39 Å². The molecule has 45 heavy (non-hydrogen) atoms. The average Bonchev–Trinajstić information content (AvgIpc) is 3.41. The number of piperidine rings is 1. The van der Waals surface area contributed by atoms with Gasteiger partial charge in [-0.25, -0.2) is 9.40 Å². The lowest BCUT2D eigenvalue weighted by Crippen LogP contribution is -2.44. The van der Waals surface area contributed by atoms with Gasteiger partial charge in [0.2, 0.25) is 5.91 Å². The van der Waals surface area contributed by atoms with Crippen LogP contribution in [-0.4, -0.2) is 64.7 Å². The highest BCUT2D eigenvalue weighted by Gasteiger charge is 2.34. The quantitative estimate of drug-likeness (QED) is 0.273.